The molecule has 0 radical (unpaired) electrons. The zero-order valence-electron chi connectivity index (χ0n) is 9.56. The van der Waals surface area contributed by atoms with Crippen molar-refractivity contribution in [1.29, 1.82) is 0 Å². The number of aromatic nitrogens is 2. The summed E-state index contributed by atoms with van der Waals surface area (Å²) in [5.74, 6) is 0.290. The smallest absolute Gasteiger partial charge is 0.237 e. The van der Waals surface area contributed by atoms with Crippen LogP contribution in [0, 0.1) is 6.92 Å². The fourth-order valence-corrected chi connectivity index (χ4v) is 3.40. The summed E-state index contributed by atoms with van der Waals surface area (Å²) in [6.45, 7) is 5.49. The van der Waals surface area contributed by atoms with E-state index in [-0.39, 0.29) is 5.25 Å². The average molecular weight is 260 g/mol. The number of hydrogen-bond donors (Lipinski definition) is 2. The highest BCUT2D eigenvalue weighted by molar-refractivity contribution is 8.01. The molecule has 0 aliphatic heterocycles. The van der Waals surface area contributed by atoms with Crippen molar-refractivity contribution in [3.8, 4) is 0 Å². The lowest BCUT2D eigenvalue weighted by atomic mass is 9.97. The predicted octanol–water partition coefficient (Wildman–Crippen LogP) is 0.920. The van der Waals surface area contributed by atoms with Gasteiger partial charge in [0.25, 0.3) is 0 Å². The highest BCUT2D eigenvalue weighted by Gasteiger charge is 2.28. The number of aryl methyl sites for hydroxylation is 1. The van der Waals surface area contributed by atoms with Crippen LogP contribution in [0.1, 0.15) is 26.1 Å². The minimum Gasteiger partial charge on any atom is -0.368 e. The standard InChI is InChI=1S/C9H16N4OS2/c1-5(4-9(3,11)7(10)14)15-8-12-6(2)13-16-8/h5H,4,11H2,1-3H3,(H2,10,14). The van der Waals surface area contributed by atoms with Gasteiger partial charge in [0.15, 0.2) is 4.34 Å². The zero-order valence-corrected chi connectivity index (χ0v) is 11.2. The van der Waals surface area contributed by atoms with Gasteiger partial charge in [-0.1, -0.05) is 18.7 Å². The first-order chi connectivity index (χ1) is 7.31. The molecule has 2 unspecified atom stereocenters. The molecular formula is C9H16N4OS2. The van der Waals surface area contributed by atoms with Crippen molar-refractivity contribution >= 4 is 29.2 Å². The molecule has 0 spiro atoms. The first kappa shape index (κ1) is 13.4. The number of thioether (sulfide) groups is 1. The van der Waals surface area contributed by atoms with Crippen molar-refractivity contribution in [2.24, 2.45) is 11.5 Å². The molecule has 0 aliphatic carbocycles. The molecule has 1 rings (SSSR count). The van der Waals surface area contributed by atoms with Crippen LogP contribution in [-0.4, -0.2) is 26.1 Å². The van der Waals surface area contributed by atoms with E-state index in [2.05, 4.69) is 9.36 Å². The van der Waals surface area contributed by atoms with Crippen LogP contribution >= 0.6 is 23.3 Å². The molecule has 0 aliphatic rings. The van der Waals surface area contributed by atoms with Gasteiger partial charge < -0.3 is 11.5 Å². The van der Waals surface area contributed by atoms with Crippen LogP contribution in [0.3, 0.4) is 0 Å². The summed E-state index contributed by atoms with van der Waals surface area (Å²) in [5.41, 5.74) is 10.1. The molecule has 0 saturated heterocycles. The third-order valence-corrected chi connectivity index (χ3v) is 4.06. The van der Waals surface area contributed by atoms with Gasteiger partial charge in [0.05, 0.1) is 5.54 Å². The highest BCUT2D eigenvalue weighted by atomic mass is 32.2. The molecule has 16 heavy (non-hydrogen) atoms. The second kappa shape index (κ2) is 5.11. The largest absolute Gasteiger partial charge is 0.368 e. The van der Waals surface area contributed by atoms with E-state index >= 15 is 0 Å². The summed E-state index contributed by atoms with van der Waals surface area (Å²) < 4.78 is 4.98. The topological polar surface area (TPSA) is 94.9 Å². The maximum atomic E-state index is 11.1. The normalized spacial score (nSPS) is 16.8. The van der Waals surface area contributed by atoms with E-state index < -0.39 is 11.4 Å². The molecule has 1 heterocycles. The Hall–Kier alpha value is -0.660. The first-order valence-corrected chi connectivity index (χ1v) is 6.52. The lowest BCUT2D eigenvalue weighted by molar-refractivity contribution is -0.122. The maximum absolute atomic E-state index is 11.1. The quantitative estimate of drug-likeness (QED) is 0.768. The number of rotatable bonds is 5. The Morgan fingerprint density at radius 3 is 2.75 bits per heavy atom. The van der Waals surface area contributed by atoms with Gasteiger partial charge in [-0.25, -0.2) is 4.98 Å². The molecule has 0 aromatic carbocycles. The number of carbonyl (C=O) groups is 1. The van der Waals surface area contributed by atoms with Crippen molar-refractivity contribution in [2.45, 2.75) is 42.3 Å². The van der Waals surface area contributed by atoms with Crippen LogP contribution < -0.4 is 11.5 Å². The van der Waals surface area contributed by atoms with Gasteiger partial charge >= 0.3 is 0 Å². The summed E-state index contributed by atoms with van der Waals surface area (Å²) in [7, 11) is 0. The molecule has 1 amide bonds. The number of hydrogen-bond acceptors (Lipinski definition) is 6. The van der Waals surface area contributed by atoms with E-state index in [1.807, 2.05) is 13.8 Å². The number of carbonyl (C=O) groups excluding carboxylic acids is 1. The molecule has 2 atom stereocenters. The molecule has 4 N–H and O–H groups in total. The molecular weight excluding hydrogens is 244 g/mol. The van der Waals surface area contributed by atoms with E-state index in [1.54, 1.807) is 18.7 Å². The summed E-state index contributed by atoms with van der Waals surface area (Å²) >= 11 is 2.92. The molecule has 7 heteroatoms. The Morgan fingerprint density at radius 1 is 1.69 bits per heavy atom. The Bertz CT molecular complexity index is 377. The molecule has 90 valence electrons. The van der Waals surface area contributed by atoms with Crippen molar-refractivity contribution in [3.05, 3.63) is 5.82 Å². The summed E-state index contributed by atoms with van der Waals surface area (Å²) in [6.07, 6.45) is 0.519. The molecule has 1 aromatic rings. The summed E-state index contributed by atoms with van der Waals surface area (Å²) in [4.78, 5) is 15.3. The summed E-state index contributed by atoms with van der Waals surface area (Å²) in [5, 5.41) is 0.176. The minimum atomic E-state index is -0.966. The third kappa shape index (κ3) is 3.73. The van der Waals surface area contributed by atoms with Gasteiger partial charge in [0, 0.05) is 5.25 Å². The Balaban J connectivity index is 2.54. The minimum absolute atomic E-state index is 0.176. The number of amides is 1. The Labute approximate surface area is 103 Å². The molecule has 0 saturated carbocycles. The second-order valence-corrected chi connectivity index (χ2v) is 6.46. The van der Waals surface area contributed by atoms with E-state index in [0.29, 0.717) is 6.42 Å². The van der Waals surface area contributed by atoms with Crippen molar-refractivity contribution < 1.29 is 4.79 Å². The van der Waals surface area contributed by atoms with Crippen molar-refractivity contribution in [3.63, 3.8) is 0 Å². The monoisotopic (exact) mass is 260 g/mol. The van der Waals surface area contributed by atoms with Crippen LogP contribution in [0.5, 0.6) is 0 Å². The number of primary amides is 1. The fraction of sp³-hybridized carbons (Fsp3) is 0.667. The van der Waals surface area contributed by atoms with Crippen LogP contribution in [0.25, 0.3) is 0 Å². The molecule has 1 aromatic heterocycles. The number of nitrogens with two attached hydrogens (primary N) is 2. The lowest BCUT2D eigenvalue weighted by Crippen LogP contribution is -2.50. The van der Waals surface area contributed by atoms with Crippen LogP contribution in [0.2, 0.25) is 0 Å². The summed E-state index contributed by atoms with van der Waals surface area (Å²) in [6, 6.07) is 0. The third-order valence-electron chi connectivity index (χ3n) is 2.09. The second-order valence-electron chi connectivity index (χ2n) is 4.02. The van der Waals surface area contributed by atoms with E-state index in [0.717, 1.165) is 10.2 Å². The van der Waals surface area contributed by atoms with Gasteiger partial charge in [0.2, 0.25) is 5.91 Å². The maximum Gasteiger partial charge on any atom is 0.237 e. The van der Waals surface area contributed by atoms with Gasteiger partial charge in [-0.05, 0) is 31.8 Å². The van der Waals surface area contributed by atoms with Crippen LogP contribution in [0.15, 0.2) is 4.34 Å². The fourth-order valence-electron chi connectivity index (χ4n) is 1.24. The predicted molar refractivity (Wildman–Crippen MR) is 66.4 cm³/mol. The van der Waals surface area contributed by atoms with Crippen LogP contribution in [0.4, 0.5) is 0 Å². The molecule has 0 bridgehead atoms. The average Bonchev–Trinajstić information content (AvgIpc) is 2.49. The van der Waals surface area contributed by atoms with Gasteiger partial charge in [-0.15, -0.1) is 0 Å². The van der Waals surface area contributed by atoms with Gasteiger partial charge in [0.1, 0.15) is 5.82 Å². The lowest BCUT2D eigenvalue weighted by Gasteiger charge is -2.23. The van der Waals surface area contributed by atoms with E-state index in [1.165, 1.54) is 11.5 Å². The zero-order chi connectivity index (χ0) is 12.3. The highest BCUT2D eigenvalue weighted by Crippen LogP contribution is 2.28. The number of nitrogens with zero attached hydrogens (tertiary/aromatic N) is 2. The van der Waals surface area contributed by atoms with E-state index in [9.17, 15) is 4.79 Å². The Morgan fingerprint density at radius 2 is 2.31 bits per heavy atom. The SMILES string of the molecule is Cc1nsc(SC(C)CC(C)(N)C(N)=O)n1. The van der Waals surface area contributed by atoms with Crippen molar-refractivity contribution in [1.82, 2.24) is 9.36 Å². The molecule has 5 nitrogen and oxygen atoms in total. The Kier molecular flexibility index (Phi) is 4.28. The van der Waals surface area contributed by atoms with E-state index in [4.69, 9.17) is 11.5 Å². The van der Waals surface area contributed by atoms with Gasteiger partial charge in [-0.3, -0.25) is 4.79 Å². The first-order valence-electron chi connectivity index (χ1n) is 4.87. The van der Waals surface area contributed by atoms with Crippen LogP contribution in [-0.2, 0) is 4.79 Å². The van der Waals surface area contributed by atoms with Gasteiger partial charge in [-0.2, -0.15) is 4.37 Å². The van der Waals surface area contributed by atoms with Crippen molar-refractivity contribution in [2.75, 3.05) is 0 Å². The molecule has 0 fully saturated rings.